The predicted octanol–water partition coefficient (Wildman–Crippen LogP) is 5.65. The molecule has 2 aromatic carbocycles. The number of halogens is 1. The van der Waals surface area contributed by atoms with E-state index in [1.165, 1.54) is 22.3 Å². The average molecular weight is 444 g/mol. The smallest absolute Gasteiger partial charge is 0.161 e. The predicted molar refractivity (Wildman–Crippen MR) is 129 cm³/mol. The minimum Gasteiger partial charge on any atom is -0.493 e. The highest BCUT2D eigenvalue weighted by Gasteiger charge is 2.35. The monoisotopic (exact) mass is 443 g/mol. The third-order valence-electron chi connectivity index (χ3n) is 6.42. The van der Waals surface area contributed by atoms with Gasteiger partial charge < -0.3 is 14.2 Å². The van der Waals surface area contributed by atoms with E-state index in [9.17, 15) is 0 Å². The van der Waals surface area contributed by atoms with Gasteiger partial charge in [0, 0.05) is 25.0 Å². The molecule has 0 aliphatic carbocycles. The Bertz CT molecular complexity index is 910. The molecule has 2 aliphatic heterocycles. The first-order valence-electron chi connectivity index (χ1n) is 10.9. The number of nitrogens with zero attached hydrogens (tertiary/aromatic N) is 1. The summed E-state index contributed by atoms with van der Waals surface area (Å²) in [6.45, 7) is 8.30. The van der Waals surface area contributed by atoms with Crippen molar-refractivity contribution in [2.45, 2.75) is 38.2 Å². The van der Waals surface area contributed by atoms with Crippen LogP contribution < -0.4 is 9.47 Å². The van der Waals surface area contributed by atoms with E-state index in [4.69, 9.17) is 14.2 Å². The summed E-state index contributed by atoms with van der Waals surface area (Å²) in [5.41, 5.74) is 5.32. The van der Waals surface area contributed by atoms with Gasteiger partial charge in [-0.15, -0.1) is 12.4 Å². The average Bonchev–Trinajstić information content (AvgIpc) is 2.78. The zero-order chi connectivity index (χ0) is 21.1. The van der Waals surface area contributed by atoms with Gasteiger partial charge in [-0.3, -0.25) is 4.90 Å². The Morgan fingerprint density at radius 3 is 2.42 bits per heavy atom. The lowest BCUT2D eigenvalue weighted by atomic mass is 9.78. The van der Waals surface area contributed by atoms with Crippen molar-refractivity contribution >= 4 is 18.0 Å². The second kappa shape index (κ2) is 10.1. The first kappa shape index (κ1) is 23.6. The van der Waals surface area contributed by atoms with Crippen LogP contribution in [0.3, 0.4) is 0 Å². The zero-order valence-electron chi connectivity index (χ0n) is 19.0. The number of hydrogen-bond acceptors (Lipinski definition) is 4. The van der Waals surface area contributed by atoms with Gasteiger partial charge in [-0.1, -0.05) is 50.3 Å². The van der Waals surface area contributed by atoms with Crippen LogP contribution >= 0.6 is 12.4 Å². The van der Waals surface area contributed by atoms with Gasteiger partial charge in [0.15, 0.2) is 11.5 Å². The van der Waals surface area contributed by atoms with Crippen LogP contribution in [0.25, 0.3) is 5.57 Å². The molecule has 0 saturated heterocycles. The highest BCUT2D eigenvalue weighted by molar-refractivity contribution is 5.85. The van der Waals surface area contributed by atoms with Gasteiger partial charge in [0.2, 0.25) is 0 Å². The summed E-state index contributed by atoms with van der Waals surface area (Å²) >= 11 is 0. The molecule has 0 amide bonds. The van der Waals surface area contributed by atoms with Crippen molar-refractivity contribution in [1.29, 1.82) is 0 Å². The molecule has 4 nitrogen and oxygen atoms in total. The molecule has 0 radical (unpaired) electrons. The van der Waals surface area contributed by atoms with E-state index >= 15 is 0 Å². The third kappa shape index (κ3) is 5.08. The molecule has 2 aliphatic rings. The fraction of sp³-hybridized carbons (Fsp3) is 0.462. The van der Waals surface area contributed by atoms with Crippen LogP contribution in [0.15, 0.2) is 48.5 Å². The number of methoxy groups -OCH3 is 2. The summed E-state index contributed by atoms with van der Waals surface area (Å²) in [6.07, 6.45) is 4.55. The van der Waals surface area contributed by atoms with E-state index in [1.807, 2.05) is 0 Å². The maximum Gasteiger partial charge on any atom is 0.161 e. The van der Waals surface area contributed by atoms with Gasteiger partial charge in [0.05, 0.1) is 26.9 Å². The van der Waals surface area contributed by atoms with Crippen LogP contribution in [0, 0.1) is 0 Å². The first-order valence-corrected chi connectivity index (χ1v) is 10.9. The van der Waals surface area contributed by atoms with Crippen molar-refractivity contribution in [2.75, 3.05) is 40.5 Å². The minimum absolute atomic E-state index is 0. The summed E-state index contributed by atoms with van der Waals surface area (Å²) in [5, 5.41) is 0. The standard InChI is InChI=1S/C26H33NO3.ClH/c1-26(2)18-30-23(21-16-24(28-3)25(29-4)17-22(21)26)12-15-27-13-10-20(11-14-27)19-8-6-5-7-9-19;/h5-10,16-17,23H,11-15,18H2,1-4H3;1H. The van der Waals surface area contributed by atoms with E-state index < -0.39 is 0 Å². The number of ether oxygens (including phenoxy) is 3. The van der Waals surface area contributed by atoms with Crippen molar-refractivity contribution in [3.63, 3.8) is 0 Å². The van der Waals surface area contributed by atoms with Crippen LogP contribution in [-0.2, 0) is 10.2 Å². The molecule has 1 unspecified atom stereocenters. The molecule has 2 aromatic rings. The number of fused-ring (bicyclic) bond motifs is 1. The van der Waals surface area contributed by atoms with Crippen molar-refractivity contribution in [2.24, 2.45) is 0 Å². The van der Waals surface area contributed by atoms with E-state index in [0.29, 0.717) is 0 Å². The normalized spacial score (nSPS) is 20.3. The Kier molecular flexibility index (Phi) is 7.68. The highest BCUT2D eigenvalue weighted by Crippen LogP contribution is 2.44. The van der Waals surface area contributed by atoms with Crippen LogP contribution in [-0.4, -0.2) is 45.4 Å². The second-order valence-corrected chi connectivity index (χ2v) is 8.91. The first-order chi connectivity index (χ1) is 14.5. The Morgan fingerprint density at radius 1 is 1.06 bits per heavy atom. The largest absolute Gasteiger partial charge is 0.493 e. The van der Waals surface area contributed by atoms with Crippen molar-refractivity contribution < 1.29 is 14.2 Å². The molecule has 4 rings (SSSR count). The maximum atomic E-state index is 6.34. The van der Waals surface area contributed by atoms with Gasteiger partial charge in [-0.05, 0) is 47.2 Å². The lowest BCUT2D eigenvalue weighted by Crippen LogP contribution is -2.35. The number of rotatable bonds is 6. The van der Waals surface area contributed by atoms with E-state index in [1.54, 1.807) is 14.2 Å². The van der Waals surface area contributed by atoms with Crippen molar-refractivity contribution in [3.05, 3.63) is 65.2 Å². The SMILES string of the molecule is COc1cc2c(cc1OC)C(C)(C)COC2CCN1CC=C(c2ccccc2)CC1.Cl. The summed E-state index contributed by atoms with van der Waals surface area (Å²) in [6, 6.07) is 15.0. The molecular formula is C26H34ClNO3. The lowest BCUT2D eigenvalue weighted by molar-refractivity contribution is -0.00285. The molecule has 1 atom stereocenters. The maximum absolute atomic E-state index is 6.34. The molecule has 5 heteroatoms. The zero-order valence-corrected chi connectivity index (χ0v) is 19.8. The topological polar surface area (TPSA) is 30.9 Å². The molecular weight excluding hydrogens is 410 g/mol. The molecule has 31 heavy (non-hydrogen) atoms. The fourth-order valence-electron chi connectivity index (χ4n) is 4.59. The van der Waals surface area contributed by atoms with Crippen LogP contribution in [0.2, 0.25) is 0 Å². The summed E-state index contributed by atoms with van der Waals surface area (Å²) < 4.78 is 17.5. The summed E-state index contributed by atoms with van der Waals surface area (Å²) in [7, 11) is 3.39. The van der Waals surface area contributed by atoms with Gasteiger partial charge in [-0.2, -0.15) is 0 Å². The quantitative estimate of drug-likeness (QED) is 0.576. The second-order valence-electron chi connectivity index (χ2n) is 8.91. The molecule has 0 saturated carbocycles. The van der Waals surface area contributed by atoms with Crippen molar-refractivity contribution in [1.82, 2.24) is 4.90 Å². The van der Waals surface area contributed by atoms with Crippen LogP contribution in [0.5, 0.6) is 11.5 Å². The van der Waals surface area contributed by atoms with Gasteiger partial charge in [-0.25, -0.2) is 0 Å². The third-order valence-corrected chi connectivity index (χ3v) is 6.42. The molecule has 0 spiro atoms. The molecule has 168 valence electrons. The Balaban J connectivity index is 0.00000272. The minimum atomic E-state index is -0.0379. The van der Waals surface area contributed by atoms with Crippen LogP contribution in [0.1, 0.15) is 49.5 Å². The van der Waals surface area contributed by atoms with E-state index in [2.05, 4.69) is 67.3 Å². The summed E-state index contributed by atoms with van der Waals surface area (Å²) in [4.78, 5) is 2.52. The van der Waals surface area contributed by atoms with Crippen LogP contribution in [0.4, 0.5) is 0 Å². The lowest BCUT2D eigenvalue weighted by Gasteiger charge is -2.38. The van der Waals surface area contributed by atoms with Gasteiger partial charge in [0.1, 0.15) is 0 Å². The number of hydrogen-bond donors (Lipinski definition) is 0. The van der Waals surface area contributed by atoms with Gasteiger partial charge >= 0.3 is 0 Å². The van der Waals surface area contributed by atoms with Crippen molar-refractivity contribution in [3.8, 4) is 11.5 Å². The Labute approximate surface area is 192 Å². The molecule has 0 bridgehead atoms. The fourth-order valence-corrected chi connectivity index (χ4v) is 4.59. The molecule has 0 N–H and O–H groups in total. The number of benzene rings is 2. The van der Waals surface area contributed by atoms with E-state index in [0.717, 1.165) is 50.6 Å². The Morgan fingerprint density at radius 2 is 1.77 bits per heavy atom. The van der Waals surface area contributed by atoms with Gasteiger partial charge in [0.25, 0.3) is 0 Å². The Hall–Kier alpha value is -2.01. The summed E-state index contributed by atoms with van der Waals surface area (Å²) in [5.74, 6) is 1.57. The highest BCUT2D eigenvalue weighted by atomic mass is 35.5. The molecule has 0 aromatic heterocycles. The molecule has 2 heterocycles. The van der Waals surface area contributed by atoms with E-state index in [-0.39, 0.29) is 23.9 Å². The molecule has 0 fully saturated rings.